The molecule has 1 aliphatic carbocycles. The van der Waals surface area contributed by atoms with Crippen LogP contribution < -0.4 is 4.74 Å². The van der Waals surface area contributed by atoms with Crippen LogP contribution in [0.4, 0.5) is 0 Å². The van der Waals surface area contributed by atoms with E-state index in [4.69, 9.17) is 4.74 Å². The number of carbonyl (C=O) groups excluding carboxylic acids is 1. The van der Waals surface area contributed by atoms with Gasteiger partial charge in [0.25, 0.3) is 0 Å². The molecular formula is C23H27NO4. The summed E-state index contributed by atoms with van der Waals surface area (Å²) in [6, 6.07) is 14.3. The van der Waals surface area contributed by atoms with Gasteiger partial charge < -0.3 is 14.9 Å². The summed E-state index contributed by atoms with van der Waals surface area (Å²) in [4.78, 5) is 14.7. The average Bonchev–Trinajstić information content (AvgIpc) is 3.16. The van der Waals surface area contributed by atoms with E-state index in [9.17, 15) is 15.0 Å². The van der Waals surface area contributed by atoms with Crippen LogP contribution in [0.2, 0.25) is 0 Å². The van der Waals surface area contributed by atoms with Gasteiger partial charge in [0.1, 0.15) is 11.5 Å². The topological polar surface area (TPSA) is 70.0 Å². The summed E-state index contributed by atoms with van der Waals surface area (Å²) in [6.07, 6.45) is 2.23. The number of phenolic OH excluding ortho intramolecular Hbond substituents is 1. The van der Waals surface area contributed by atoms with E-state index in [-0.39, 0.29) is 11.5 Å². The number of ketones is 1. The molecule has 2 aromatic carbocycles. The first-order chi connectivity index (χ1) is 13.4. The monoisotopic (exact) mass is 381 g/mol. The van der Waals surface area contributed by atoms with Crippen LogP contribution in [-0.2, 0) is 6.42 Å². The molecule has 1 saturated carbocycles. The highest BCUT2D eigenvalue weighted by atomic mass is 16.5. The summed E-state index contributed by atoms with van der Waals surface area (Å²) in [5.41, 5.74) is 1.10. The van der Waals surface area contributed by atoms with Crippen molar-refractivity contribution in [3.8, 4) is 11.5 Å². The zero-order valence-corrected chi connectivity index (χ0v) is 16.2. The summed E-state index contributed by atoms with van der Waals surface area (Å²) in [5.74, 6) is 1.96. The lowest BCUT2D eigenvalue weighted by molar-refractivity contribution is 0.0355. The number of likely N-dealkylation sites (tertiary alicyclic amines) is 1. The summed E-state index contributed by atoms with van der Waals surface area (Å²) in [5, 5.41) is 20.5. The van der Waals surface area contributed by atoms with Crippen molar-refractivity contribution in [2.45, 2.75) is 24.9 Å². The molecule has 5 nitrogen and oxygen atoms in total. The second-order valence-corrected chi connectivity index (χ2v) is 8.34. The molecule has 0 aromatic heterocycles. The van der Waals surface area contributed by atoms with Crippen molar-refractivity contribution in [3.05, 3.63) is 59.7 Å². The van der Waals surface area contributed by atoms with Crippen LogP contribution in [0.25, 0.3) is 0 Å². The van der Waals surface area contributed by atoms with Gasteiger partial charge in [-0.05, 0) is 66.6 Å². The second-order valence-electron chi connectivity index (χ2n) is 8.34. The third kappa shape index (κ3) is 4.05. The highest BCUT2D eigenvalue weighted by Crippen LogP contribution is 2.45. The van der Waals surface area contributed by atoms with Crippen molar-refractivity contribution in [3.63, 3.8) is 0 Å². The molecule has 1 saturated heterocycles. The number of aliphatic hydroxyl groups is 1. The molecule has 0 bridgehead atoms. The molecule has 2 aromatic rings. The number of methoxy groups -OCH3 is 1. The quantitative estimate of drug-likeness (QED) is 0.753. The minimum atomic E-state index is -0.656. The van der Waals surface area contributed by atoms with Gasteiger partial charge >= 0.3 is 0 Å². The Kier molecular flexibility index (Phi) is 5.13. The Hall–Kier alpha value is -2.37. The Bertz CT molecular complexity index is 817. The lowest BCUT2D eigenvalue weighted by Gasteiger charge is -2.26. The van der Waals surface area contributed by atoms with Crippen LogP contribution in [0.1, 0.15) is 28.8 Å². The predicted octanol–water partition coefficient (Wildman–Crippen LogP) is 2.90. The standard InChI is InChI=1S/C23H27NO4/c1-28-21-8-2-16(3-9-21)10-23(27)11-18-13-24(14-19(18)12-23)15-22(26)17-4-6-20(25)7-5-17/h2-9,18-19,25,27H,10-15H2,1H3/t18-,19+,23-. The fourth-order valence-corrected chi connectivity index (χ4v) is 4.90. The van der Waals surface area contributed by atoms with E-state index in [2.05, 4.69) is 4.90 Å². The summed E-state index contributed by atoms with van der Waals surface area (Å²) in [7, 11) is 1.65. The first-order valence-electron chi connectivity index (χ1n) is 9.84. The molecule has 2 aliphatic rings. The lowest BCUT2D eigenvalue weighted by Crippen LogP contribution is -2.34. The second kappa shape index (κ2) is 7.57. The maximum absolute atomic E-state index is 12.5. The Morgan fingerprint density at radius 1 is 1.07 bits per heavy atom. The smallest absolute Gasteiger partial charge is 0.176 e. The van der Waals surface area contributed by atoms with E-state index in [1.165, 1.54) is 0 Å². The van der Waals surface area contributed by atoms with Gasteiger partial charge in [-0.15, -0.1) is 0 Å². The zero-order chi connectivity index (χ0) is 19.7. The molecule has 148 valence electrons. The molecule has 2 N–H and O–H groups in total. The molecule has 0 unspecified atom stereocenters. The Balaban J connectivity index is 1.32. The van der Waals surface area contributed by atoms with Crippen LogP contribution in [0, 0.1) is 11.8 Å². The van der Waals surface area contributed by atoms with Gasteiger partial charge in [-0.3, -0.25) is 9.69 Å². The van der Waals surface area contributed by atoms with E-state index in [0.717, 1.165) is 37.2 Å². The third-order valence-electron chi connectivity index (χ3n) is 6.19. The predicted molar refractivity (Wildman–Crippen MR) is 107 cm³/mol. The van der Waals surface area contributed by atoms with Gasteiger partial charge in [0.2, 0.25) is 0 Å². The van der Waals surface area contributed by atoms with Crippen LogP contribution in [0.5, 0.6) is 11.5 Å². The van der Waals surface area contributed by atoms with Crippen molar-refractivity contribution >= 4 is 5.78 Å². The first-order valence-corrected chi connectivity index (χ1v) is 9.84. The van der Waals surface area contributed by atoms with Crippen molar-refractivity contribution < 1.29 is 19.7 Å². The van der Waals surface area contributed by atoms with Crippen LogP contribution in [0.15, 0.2) is 48.5 Å². The molecule has 0 radical (unpaired) electrons. The van der Waals surface area contributed by atoms with Gasteiger partial charge in [-0.1, -0.05) is 12.1 Å². The fourth-order valence-electron chi connectivity index (χ4n) is 4.90. The number of phenols is 1. The van der Waals surface area contributed by atoms with Gasteiger partial charge in [-0.25, -0.2) is 0 Å². The Morgan fingerprint density at radius 3 is 2.25 bits per heavy atom. The number of nitrogens with zero attached hydrogens (tertiary/aromatic N) is 1. The number of benzene rings is 2. The number of carbonyl (C=O) groups is 1. The minimum Gasteiger partial charge on any atom is -0.508 e. The first kappa shape index (κ1) is 19.0. The van der Waals surface area contributed by atoms with Gasteiger partial charge in [0.15, 0.2) is 5.78 Å². The highest BCUT2D eigenvalue weighted by Gasteiger charge is 2.48. The molecule has 1 aliphatic heterocycles. The van der Waals surface area contributed by atoms with E-state index in [1.807, 2.05) is 24.3 Å². The maximum atomic E-state index is 12.5. The normalized spacial score (nSPS) is 26.9. The van der Waals surface area contributed by atoms with E-state index < -0.39 is 5.60 Å². The number of rotatable bonds is 6. The number of ether oxygens (including phenoxy) is 1. The van der Waals surface area contributed by atoms with Gasteiger partial charge in [0, 0.05) is 25.1 Å². The molecule has 0 amide bonds. The number of fused-ring (bicyclic) bond motifs is 1. The zero-order valence-electron chi connectivity index (χ0n) is 16.2. The van der Waals surface area contributed by atoms with Gasteiger partial charge in [0.05, 0.1) is 19.3 Å². The Morgan fingerprint density at radius 2 is 1.68 bits per heavy atom. The number of hydrogen-bond donors (Lipinski definition) is 2. The molecule has 2 fully saturated rings. The van der Waals surface area contributed by atoms with Crippen LogP contribution in [-0.4, -0.2) is 53.2 Å². The van der Waals surface area contributed by atoms with E-state index in [0.29, 0.717) is 30.4 Å². The highest BCUT2D eigenvalue weighted by molar-refractivity contribution is 5.97. The van der Waals surface area contributed by atoms with Crippen molar-refractivity contribution in [1.29, 1.82) is 0 Å². The summed E-state index contributed by atoms with van der Waals surface area (Å²) in [6.45, 7) is 2.12. The minimum absolute atomic E-state index is 0.0773. The number of Topliss-reactive ketones (excluding diaryl/α,β-unsaturated/α-hetero) is 1. The molecule has 0 spiro atoms. The van der Waals surface area contributed by atoms with Crippen molar-refractivity contribution in [2.24, 2.45) is 11.8 Å². The van der Waals surface area contributed by atoms with E-state index in [1.54, 1.807) is 31.4 Å². The van der Waals surface area contributed by atoms with Crippen molar-refractivity contribution in [1.82, 2.24) is 4.90 Å². The molecular weight excluding hydrogens is 354 g/mol. The molecule has 4 rings (SSSR count). The van der Waals surface area contributed by atoms with Crippen molar-refractivity contribution in [2.75, 3.05) is 26.7 Å². The number of hydrogen-bond acceptors (Lipinski definition) is 5. The van der Waals surface area contributed by atoms with Gasteiger partial charge in [-0.2, -0.15) is 0 Å². The number of aromatic hydroxyl groups is 1. The van der Waals surface area contributed by atoms with Crippen LogP contribution >= 0.6 is 0 Å². The van der Waals surface area contributed by atoms with E-state index >= 15 is 0 Å². The molecule has 3 atom stereocenters. The molecule has 5 heteroatoms. The average molecular weight is 381 g/mol. The Labute approximate surface area is 165 Å². The molecule has 1 heterocycles. The lowest BCUT2D eigenvalue weighted by atomic mass is 9.91. The fraction of sp³-hybridized carbons (Fsp3) is 0.435. The summed E-state index contributed by atoms with van der Waals surface area (Å²) >= 11 is 0. The SMILES string of the molecule is COc1ccc(C[C@]2(O)C[C@H]3CN(CC(=O)c4ccc(O)cc4)C[C@H]3C2)cc1. The summed E-state index contributed by atoms with van der Waals surface area (Å²) < 4.78 is 5.20. The van der Waals surface area contributed by atoms with Crippen LogP contribution in [0.3, 0.4) is 0 Å². The third-order valence-corrected chi connectivity index (χ3v) is 6.19. The maximum Gasteiger partial charge on any atom is 0.176 e. The largest absolute Gasteiger partial charge is 0.508 e. The molecule has 28 heavy (non-hydrogen) atoms.